The van der Waals surface area contributed by atoms with Crippen LogP contribution in [0.5, 0.6) is 0 Å². The average molecular weight is 577 g/mol. The highest BCUT2D eigenvalue weighted by Gasteiger charge is 2.49. The molecule has 1 aliphatic heterocycles. The molecule has 0 spiro atoms. The van der Waals surface area contributed by atoms with Crippen molar-refractivity contribution in [3.8, 4) is 11.1 Å². The molecule has 6 nitrogen and oxygen atoms in total. The number of nitrogens with zero attached hydrogens (tertiary/aromatic N) is 3. The molecule has 0 radical (unpaired) electrons. The SMILES string of the molecule is C[C@@H]1CN(c2nc3ccccc3o2)C[C@H](C)N1CCCCC1(C(=O)NCC(F)(F)F)c2ccccc2-c2ccccc21. The number of hydrogen-bond acceptors (Lipinski definition) is 5. The molecule has 2 aliphatic rings. The van der Waals surface area contributed by atoms with Gasteiger partial charge in [-0.05, 0) is 67.6 Å². The number of benzene rings is 3. The standard InChI is InChI=1S/C33H35F3N4O2/c1-22-19-39(31-38-28-15-7-8-16-29(28)42-31)20-23(2)40(22)18-10-9-17-32(30(41)37-21-33(34,35)36)26-13-5-3-11-24(26)25-12-4-6-14-27(25)32/h3-8,11-16,22-23H,9-10,17-21H2,1-2H3,(H,37,41)/t22-,23+. The van der Waals surface area contributed by atoms with Crippen LogP contribution in [0.25, 0.3) is 22.2 Å². The number of carbonyl (C=O) groups excluding carboxylic acids is 1. The molecule has 2 atom stereocenters. The van der Waals surface area contributed by atoms with E-state index in [1.807, 2.05) is 72.8 Å². The molecule has 1 N–H and O–H groups in total. The second-order valence-corrected chi connectivity index (χ2v) is 11.6. The van der Waals surface area contributed by atoms with Crippen molar-refractivity contribution in [2.45, 2.75) is 56.8 Å². The summed E-state index contributed by atoms with van der Waals surface area (Å²) in [5.74, 6) is -0.592. The van der Waals surface area contributed by atoms with Crippen LogP contribution in [0, 0.1) is 0 Å². The highest BCUT2D eigenvalue weighted by atomic mass is 19.4. The van der Waals surface area contributed by atoms with Gasteiger partial charge in [0, 0.05) is 25.2 Å². The van der Waals surface area contributed by atoms with Crippen molar-refractivity contribution < 1.29 is 22.4 Å². The summed E-state index contributed by atoms with van der Waals surface area (Å²) in [5, 5.41) is 2.23. The molecule has 42 heavy (non-hydrogen) atoms. The quantitative estimate of drug-likeness (QED) is 0.241. The van der Waals surface area contributed by atoms with Crippen LogP contribution in [-0.4, -0.2) is 60.2 Å². The maximum absolute atomic E-state index is 13.7. The molecule has 6 rings (SSSR count). The summed E-state index contributed by atoms with van der Waals surface area (Å²) in [6.45, 7) is 5.43. The monoisotopic (exact) mass is 576 g/mol. The third-order valence-corrected chi connectivity index (χ3v) is 8.77. The number of unbranched alkanes of at least 4 members (excludes halogenated alkanes) is 1. The molecule has 3 aromatic carbocycles. The van der Waals surface area contributed by atoms with Crippen LogP contribution >= 0.6 is 0 Å². The lowest BCUT2D eigenvalue weighted by Crippen LogP contribution is -2.57. The van der Waals surface area contributed by atoms with Crippen molar-refractivity contribution in [3.05, 3.63) is 83.9 Å². The van der Waals surface area contributed by atoms with E-state index in [1.54, 1.807) is 0 Å². The number of piperazine rings is 1. The van der Waals surface area contributed by atoms with E-state index in [0.717, 1.165) is 59.4 Å². The van der Waals surface area contributed by atoms with Gasteiger partial charge >= 0.3 is 6.18 Å². The van der Waals surface area contributed by atoms with Gasteiger partial charge < -0.3 is 14.6 Å². The molecular weight excluding hydrogens is 541 g/mol. The minimum absolute atomic E-state index is 0.251. The van der Waals surface area contributed by atoms with Gasteiger partial charge in [-0.25, -0.2) is 0 Å². The Morgan fingerprint density at radius 2 is 1.52 bits per heavy atom. The molecule has 0 bridgehead atoms. The Balaban J connectivity index is 1.16. The van der Waals surface area contributed by atoms with E-state index in [1.165, 1.54) is 0 Å². The normalized spacial score (nSPS) is 20.0. The number of alkyl halides is 3. The van der Waals surface area contributed by atoms with Crippen molar-refractivity contribution in [3.63, 3.8) is 0 Å². The Labute approximate surface area is 243 Å². The zero-order valence-corrected chi connectivity index (χ0v) is 23.8. The number of carbonyl (C=O) groups is 1. The molecule has 1 saturated heterocycles. The summed E-state index contributed by atoms with van der Waals surface area (Å²) >= 11 is 0. The molecule has 1 fully saturated rings. The van der Waals surface area contributed by atoms with Crippen LogP contribution < -0.4 is 10.2 Å². The summed E-state index contributed by atoms with van der Waals surface area (Å²) in [7, 11) is 0. The van der Waals surface area contributed by atoms with E-state index in [-0.39, 0.29) is 12.1 Å². The number of aromatic nitrogens is 1. The first-order chi connectivity index (χ1) is 20.2. The van der Waals surface area contributed by atoms with Gasteiger partial charge in [0.2, 0.25) is 5.91 Å². The van der Waals surface area contributed by atoms with E-state index in [4.69, 9.17) is 4.42 Å². The fourth-order valence-electron chi connectivity index (χ4n) is 6.92. The number of fused-ring (bicyclic) bond motifs is 4. The number of nitrogens with one attached hydrogen (secondary N) is 1. The molecule has 1 aromatic heterocycles. The highest BCUT2D eigenvalue weighted by Crippen LogP contribution is 2.51. The molecule has 1 aliphatic carbocycles. The maximum atomic E-state index is 13.7. The first-order valence-electron chi connectivity index (χ1n) is 14.6. The Hall–Kier alpha value is -3.85. The number of anilines is 1. The fourth-order valence-corrected chi connectivity index (χ4v) is 6.92. The number of rotatable bonds is 8. The number of hydrogen-bond donors (Lipinski definition) is 1. The molecule has 1 amide bonds. The zero-order chi connectivity index (χ0) is 29.5. The highest BCUT2D eigenvalue weighted by molar-refractivity contribution is 6.00. The molecule has 4 aromatic rings. The van der Waals surface area contributed by atoms with E-state index < -0.39 is 24.0 Å². The van der Waals surface area contributed by atoms with E-state index in [9.17, 15) is 18.0 Å². The third-order valence-electron chi connectivity index (χ3n) is 8.77. The molecule has 9 heteroatoms. The topological polar surface area (TPSA) is 61.6 Å². The molecule has 0 saturated carbocycles. The van der Waals surface area contributed by atoms with Gasteiger partial charge in [-0.15, -0.1) is 0 Å². The molecule has 2 heterocycles. The van der Waals surface area contributed by atoms with Gasteiger partial charge in [0.1, 0.15) is 17.5 Å². The second kappa shape index (κ2) is 11.1. The minimum Gasteiger partial charge on any atom is -0.423 e. The lowest BCUT2D eigenvalue weighted by atomic mass is 9.73. The molecule has 0 unspecified atom stereocenters. The van der Waals surface area contributed by atoms with Crippen LogP contribution in [-0.2, 0) is 10.2 Å². The van der Waals surface area contributed by atoms with Gasteiger partial charge in [-0.2, -0.15) is 18.2 Å². The maximum Gasteiger partial charge on any atom is 0.405 e. The summed E-state index contributed by atoms with van der Waals surface area (Å²) in [6, 6.07) is 24.1. The first-order valence-corrected chi connectivity index (χ1v) is 14.6. The third kappa shape index (κ3) is 5.15. The van der Waals surface area contributed by atoms with Crippen LogP contribution in [0.1, 0.15) is 44.2 Å². The van der Waals surface area contributed by atoms with Gasteiger partial charge in [0.05, 0.1) is 0 Å². The number of oxazole rings is 1. The average Bonchev–Trinajstić information content (AvgIpc) is 3.53. The molecular formula is C33H35F3N4O2. The van der Waals surface area contributed by atoms with Crippen molar-refractivity contribution in [1.82, 2.24) is 15.2 Å². The van der Waals surface area contributed by atoms with Gasteiger partial charge in [0.25, 0.3) is 6.01 Å². The van der Waals surface area contributed by atoms with Crippen molar-refractivity contribution in [2.24, 2.45) is 0 Å². The van der Waals surface area contributed by atoms with Crippen molar-refractivity contribution in [2.75, 3.05) is 31.1 Å². The van der Waals surface area contributed by atoms with Crippen LogP contribution in [0.15, 0.2) is 77.2 Å². The lowest BCUT2D eigenvalue weighted by Gasteiger charge is -2.44. The van der Waals surface area contributed by atoms with Gasteiger partial charge in [-0.3, -0.25) is 9.69 Å². The number of halogens is 3. The van der Waals surface area contributed by atoms with E-state index in [0.29, 0.717) is 18.9 Å². The van der Waals surface area contributed by atoms with E-state index in [2.05, 4.69) is 33.9 Å². The molecule has 220 valence electrons. The number of amides is 1. The van der Waals surface area contributed by atoms with Gasteiger partial charge in [-0.1, -0.05) is 67.1 Å². The summed E-state index contributed by atoms with van der Waals surface area (Å²) in [6.07, 6.45) is -2.56. The predicted octanol–water partition coefficient (Wildman–Crippen LogP) is 6.54. The minimum atomic E-state index is -4.49. The van der Waals surface area contributed by atoms with Gasteiger partial charge in [0.15, 0.2) is 5.58 Å². The summed E-state index contributed by atoms with van der Waals surface area (Å²) in [4.78, 5) is 23.1. The van der Waals surface area contributed by atoms with Crippen LogP contribution in [0.3, 0.4) is 0 Å². The zero-order valence-electron chi connectivity index (χ0n) is 23.8. The smallest absolute Gasteiger partial charge is 0.405 e. The second-order valence-electron chi connectivity index (χ2n) is 11.6. The fraction of sp³-hybridized carbons (Fsp3) is 0.394. The largest absolute Gasteiger partial charge is 0.423 e. The number of para-hydroxylation sites is 2. The van der Waals surface area contributed by atoms with E-state index >= 15 is 0 Å². The van der Waals surface area contributed by atoms with Crippen molar-refractivity contribution >= 4 is 23.0 Å². The van der Waals surface area contributed by atoms with Crippen molar-refractivity contribution in [1.29, 1.82) is 0 Å². The van der Waals surface area contributed by atoms with Crippen LogP contribution in [0.4, 0.5) is 19.2 Å². The first kappa shape index (κ1) is 28.3. The Morgan fingerprint density at radius 1 is 0.929 bits per heavy atom. The summed E-state index contributed by atoms with van der Waals surface area (Å²) in [5.41, 5.74) is 3.83. The Morgan fingerprint density at radius 3 is 2.14 bits per heavy atom. The predicted molar refractivity (Wildman–Crippen MR) is 157 cm³/mol. The Bertz CT molecular complexity index is 1490. The lowest BCUT2D eigenvalue weighted by molar-refractivity contribution is -0.141. The van der Waals surface area contributed by atoms with Crippen LogP contribution in [0.2, 0.25) is 0 Å². The summed E-state index contributed by atoms with van der Waals surface area (Å²) < 4.78 is 45.5. The Kier molecular flexibility index (Phi) is 7.47.